The van der Waals surface area contributed by atoms with Crippen molar-refractivity contribution in [2.24, 2.45) is 5.41 Å². The number of halogens is 2. The van der Waals surface area contributed by atoms with Crippen LogP contribution < -0.4 is 0 Å². The molecule has 20 heavy (non-hydrogen) atoms. The van der Waals surface area contributed by atoms with Gasteiger partial charge in [-0.05, 0) is 61.6 Å². The second kappa shape index (κ2) is 5.31. The molecule has 0 saturated heterocycles. The van der Waals surface area contributed by atoms with Gasteiger partial charge < -0.3 is 5.11 Å². The predicted octanol–water partition coefficient (Wildman–Crippen LogP) is 4.89. The zero-order valence-electron chi connectivity index (χ0n) is 11.8. The maximum atomic E-state index is 13.9. The number of hydrogen-bond donors (Lipinski definition) is 1. The number of hydrogen-bond acceptors (Lipinski definition) is 1. The molecule has 2 aliphatic rings. The average Bonchev–Trinajstić information content (AvgIpc) is 2.87. The summed E-state index contributed by atoms with van der Waals surface area (Å²) in [5, 5.41) is 11.2. The Morgan fingerprint density at radius 1 is 1.05 bits per heavy atom. The lowest BCUT2D eigenvalue weighted by atomic mass is 9.66. The van der Waals surface area contributed by atoms with Crippen molar-refractivity contribution in [2.45, 2.75) is 63.4 Å². The van der Waals surface area contributed by atoms with Gasteiger partial charge >= 0.3 is 0 Å². The number of rotatable bonds is 2. The van der Waals surface area contributed by atoms with Gasteiger partial charge in [-0.25, -0.2) is 4.39 Å². The fourth-order valence-corrected chi connectivity index (χ4v) is 4.23. The minimum Gasteiger partial charge on any atom is -0.390 e. The first-order valence-corrected chi connectivity index (χ1v) is 8.05. The fourth-order valence-electron chi connectivity index (χ4n) is 4.07. The largest absolute Gasteiger partial charge is 0.390 e. The van der Waals surface area contributed by atoms with Crippen LogP contribution in [-0.4, -0.2) is 10.7 Å². The average molecular weight is 297 g/mol. The van der Waals surface area contributed by atoms with Crippen molar-refractivity contribution in [3.8, 4) is 0 Å². The lowest BCUT2D eigenvalue weighted by Gasteiger charge is -2.42. The summed E-state index contributed by atoms with van der Waals surface area (Å²) >= 11 is 5.77. The lowest BCUT2D eigenvalue weighted by Crippen LogP contribution is -2.40. The molecule has 1 aromatic carbocycles. The molecule has 1 aromatic rings. The van der Waals surface area contributed by atoms with Crippen molar-refractivity contribution < 1.29 is 9.50 Å². The van der Waals surface area contributed by atoms with Gasteiger partial charge in [-0.3, -0.25) is 0 Å². The predicted molar refractivity (Wildman–Crippen MR) is 79.4 cm³/mol. The summed E-state index contributed by atoms with van der Waals surface area (Å²) in [4.78, 5) is 0. The van der Waals surface area contributed by atoms with Crippen LogP contribution in [0.1, 0.15) is 56.9 Å². The van der Waals surface area contributed by atoms with E-state index in [-0.39, 0.29) is 5.82 Å². The normalized spacial score (nSPS) is 24.1. The van der Waals surface area contributed by atoms with E-state index in [2.05, 4.69) is 0 Å². The minimum atomic E-state index is -0.734. The summed E-state index contributed by atoms with van der Waals surface area (Å²) in [6.45, 7) is 0. The van der Waals surface area contributed by atoms with Crippen LogP contribution in [0, 0.1) is 11.2 Å². The molecule has 1 spiro atoms. The highest BCUT2D eigenvalue weighted by molar-refractivity contribution is 6.30. The van der Waals surface area contributed by atoms with Crippen molar-refractivity contribution in [2.75, 3.05) is 0 Å². The fraction of sp³-hybridized carbons (Fsp3) is 0.647. The van der Waals surface area contributed by atoms with E-state index >= 15 is 0 Å². The zero-order chi connectivity index (χ0) is 14.2. The van der Waals surface area contributed by atoms with Crippen LogP contribution in [0.3, 0.4) is 0 Å². The Morgan fingerprint density at radius 2 is 1.70 bits per heavy atom. The highest BCUT2D eigenvalue weighted by Crippen LogP contribution is 2.51. The maximum absolute atomic E-state index is 13.9. The Bertz CT molecular complexity index is 484. The molecular formula is C17H22ClFO. The Hall–Kier alpha value is -0.600. The van der Waals surface area contributed by atoms with Crippen LogP contribution in [0.25, 0.3) is 0 Å². The molecular weight excluding hydrogens is 275 g/mol. The second-order valence-corrected chi connectivity index (χ2v) is 7.28. The molecule has 110 valence electrons. The van der Waals surface area contributed by atoms with E-state index in [9.17, 15) is 9.50 Å². The van der Waals surface area contributed by atoms with E-state index in [4.69, 9.17) is 11.6 Å². The van der Waals surface area contributed by atoms with Gasteiger partial charge in [0, 0.05) is 11.4 Å². The third-order valence-corrected chi connectivity index (χ3v) is 5.68. The summed E-state index contributed by atoms with van der Waals surface area (Å²) in [6.07, 6.45) is 9.51. The van der Waals surface area contributed by atoms with Crippen LogP contribution in [0.5, 0.6) is 0 Å². The molecule has 0 aromatic heterocycles. The Kier molecular flexibility index (Phi) is 3.81. The smallest absolute Gasteiger partial charge is 0.127 e. The van der Waals surface area contributed by atoms with Gasteiger partial charge in [-0.1, -0.05) is 30.5 Å². The molecule has 2 fully saturated rings. The molecule has 0 radical (unpaired) electrons. The summed E-state index contributed by atoms with van der Waals surface area (Å²) in [5.74, 6) is -0.299. The highest BCUT2D eigenvalue weighted by Gasteiger charge is 2.43. The van der Waals surface area contributed by atoms with E-state index in [1.165, 1.54) is 31.7 Å². The first-order chi connectivity index (χ1) is 9.50. The Labute approximate surface area is 125 Å². The van der Waals surface area contributed by atoms with Crippen molar-refractivity contribution in [3.63, 3.8) is 0 Å². The van der Waals surface area contributed by atoms with Crippen LogP contribution in [0.15, 0.2) is 18.2 Å². The molecule has 0 aliphatic heterocycles. The van der Waals surface area contributed by atoms with Gasteiger partial charge in [0.05, 0.1) is 5.60 Å². The Morgan fingerprint density at radius 3 is 2.30 bits per heavy atom. The summed E-state index contributed by atoms with van der Waals surface area (Å²) in [7, 11) is 0. The SMILES string of the molecule is OC1(Cc2ccc(Cl)cc2F)CCC2(CCCC2)CC1. The van der Waals surface area contributed by atoms with E-state index < -0.39 is 5.60 Å². The first kappa shape index (κ1) is 14.3. The summed E-state index contributed by atoms with van der Waals surface area (Å²) < 4.78 is 13.9. The molecule has 2 saturated carbocycles. The van der Waals surface area contributed by atoms with Crippen LogP contribution in [0.2, 0.25) is 5.02 Å². The van der Waals surface area contributed by atoms with Crippen LogP contribution in [-0.2, 0) is 6.42 Å². The van der Waals surface area contributed by atoms with Gasteiger partial charge in [-0.2, -0.15) is 0 Å². The summed E-state index contributed by atoms with van der Waals surface area (Å²) in [6, 6.07) is 4.74. The quantitative estimate of drug-likeness (QED) is 0.824. The molecule has 1 N–H and O–H groups in total. The summed E-state index contributed by atoms with van der Waals surface area (Å²) in [5.41, 5.74) is 0.340. The standard InChI is InChI=1S/C17H22ClFO/c18-14-4-3-13(15(19)11-14)12-17(20)9-7-16(8-10-17)5-1-2-6-16/h3-4,11,20H,1-2,5-10,12H2. The Balaban J connectivity index is 1.68. The first-order valence-electron chi connectivity index (χ1n) is 7.67. The van der Waals surface area contributed by atoms with Crippen LogP contribution in [0.4, 0.5) is 4.39 Å². The molecule has 0 unspecified atom stereocenters. The second-order valence-electron chi connectivity index (χ2n) is 6.84. The van der Waals surface area contributed by atoms with Gasteiger partial charge in [-0.15, -0.1) is 0 Å². The van der Waals surface area contributed by atoms with E-state index in [0.29, 0.717) is 22.4 Å². The van der Waals surface area contributed by atoms with E-state index in [0.717, 1.165) is 25.7 Å². The monoisotopic (exact) mass is 296 g/mol. The zero-order valence-corrected chi connectivity index (χ0v) is 12.6. The third-order valence-electron chi connectivity index (χ3n) is 5.44. The number of aliphatic hydroxyl groups is 1. The van der Waals surface area contributed by atoms with Crippen LogP contribution >= 0.6 is 11.6 Å². The van der Waals surface area contributed by atoms with E-state index in [1.807, 2.05) is 0 Å². The molecule has 0 heterocycles. The van der Waals surface area contributed by atoms with Crippen molar-refractivity contribution in [3.05, 3.63) is 34.6 Å². The minimum absolute atomic E-state index is 0.299. The molecule has 0 atom stereocenters. The van der Waals surface area contributed by atoms with Gasteiger partial charge in [0.2, 0.25) is 0 Å². The van der Waals surface area contributed by atoms with Gasteiger partial charge in [0.25, 0.3) is 0 Å². The lowest BCUT2D eigenvalue weighted by molar-refractivity contribution is -0.0327. The molecule has 0 bridgehead atoms. The maximum Gasteiger partial charge on any atom is 0.127 e. The molecule has 3 rings (SSSR count). The molecule has 2 aliphatic carbocycles. The van der Waals surface area contributed by atoms with Gasteiger partial charge in [0.1, 0.15) is 5.82 Å². The van der Waals surface area contributed by atoms with Crippen molar-refractivity contribution >= 4 is 11.6 Å². The van der Waals surface area contributed by atoms with Gasteiger partial charge in [0.15, 0.2) is 0 Å². The highest BCUT2D eigenvalue weighted by atomic mass is 35.5. The van der Waals surface area contributed by atoms with Crippen molar-refractivity contribution in [1.82, 2.24) is 0 Å². The molecule has 3 heteroatoms. The topological polar surface area (TPSA) is 20.2 Å². The third kappa shape index (κ3) is 2.87. The molecule has 0 amide bonds. The van der Waals surface area contributed by atoms with E-state index in [1.54, 1.807) is 12.1 Å². The van der Waals surface area contributed by atoms with Crippen molar-refractivity contribution in [1.29, 1.82) is 0 Å². The molecule has 1 nitrogen and oxygen atoms in total. The number of benzene rings is 1.